The highest BCUT2D eigenvalue weighted by atomic mass is 32.2. The van der Waals surface area contributed by atoms with Crippen molar-refractivity contribution in [2.24, 2.45) is 0 Å². The molecule has 6 nitrogen and oxygen atoms in total. The first-order valence-electron chi connectivity index (χ1n) is 11.4. The van der Waals surface area contributed by atoms with Crippen molar-refractivity contribution in [3.63, 3.8) is 0 Å². The molecule has 180 valence electrons. The van der Waals surface area contributed by atoms with Crippen LogP contribution in [0.3, 0.4) is 0 Å². The maximum Gasteiger partial charge on any atom is 0.319 e. The molecule has 0 bridgehead atoms. The number of nitrogens with one attached hydrogen (secondary N) is 2. The molecular weight excluding hydrogens is 446 g/mol. The summed E-state index contributed by atoms with van der Waals surface area (Å²) < 4.78 is 26.5. The van der Waals surface area contributed by atoms with Gasteiger partial charge in [0.1, 0.15) is 0 Å². The van der Waals surface area contributed by atoms with Crippen LogP contribution in [0.15, 0.2) is 84.3 Å². The molecule has 3 rings (SSSR count). The SMILES string of the molecule is C=C/C=C(\C=C)C(C)NC(=O)Nc1ccc(S(=O)(=O)C(C)c2ccc3c(c2)CN(CC)C3)cc1. The number of hydrogen-bond donors (Lipinski definition) is 2. The van der Waals surface area contributed by atoms with Crippen LogP contribution in [0, 0.1) is 0 Å². The summed E-state index contributed by atoms with van der Waals surface area (Å²) in [4.78, 5) is 14.9. The lowest BCUT2D eigenvalue weighted by molar-refractivity contribution is 0.250. The summed E-state index contributed by atoms with van der Waals surface area (Å²) in [6.07, 6.45) is 5.07. The summed E-state index contributed by atoms with van der Waals surface area (Å²) in [5.41, 5.74) is 4.58. The zero-order valence-corrected chi connectivity index (χ0v) is 20.9. The molecule has 34 heavy (non-hydrogen) atoms. The van der Waals surface area contributed by atoms with Gasteiger partial charge in [-0.25, -0.2) is 13.2 Å². The Hall–Kier alpha value is -3.16. The molecule has 0 aromatic heterocycles. The Balaban J connectivity index is 1.69. The van der Waals surface area contributed by atoms with Gasteiger partial charge in [-0.2, -0.15) is 0 Å². The lowest BCUT2D eigenvalue weighted by Gasteiger charge is -2.17. The Morgan fingerprint density at radius 3 is 2.38 bits per heavy atom. The van der Waals surface area contributed by atoms with E-state index in [0.717, 1.165) is 30.8 Å². The summed E-state index contributed by atoms with van der Waals surface area (Å²) in [6.45, 7) is 15.8. The fraction of sp³-hybridized carbons (Fsp3) is 0.296. The van der Waals surface area contributed by atoms with Crippen molar-refractivity contribution < 1.29 is 13.2 Å². The van der Waals surface area contributed by atoms with E-state index in [-0.39, 0.29) is 10.9 Å². The second-order valence-corrected chi connectivity index (χ2v) is 10.7. The number of urea groups is 1. The van der Waals surface area contributed by atoms with Crippen LogP contribution in [0.25, 0.3) is 0 Å². The predicted molar refractivity (Wildman–Crippen MR) is 138 cm³/mol. The Bertz CT molecular complexity index is 1200. The molecule has 1 aliphatic rings. The van der Waals surface area contributed by atoms with Crippen LogP contribution in [0.4, 0.5) is 10.5 Å². The number of amides is 2. The molecule has 0 saturated carbocycles. The minimum atomic E-state index is -3.58. The topological polar surface area (TPSA) is 78.5 Å². The number of fused-ring (bicyclic) bond motifs is 1. The van der Waals surface area contributed by atoms with E-state index in [2.05, 4.69) is 35.6 Å². The van der Waals surface area contributed by atoms with Gasteiger partial charge in [0.2, 0.25) is 0 Å². The van der Waals surface area contributed by atoms with Gasteiger partial charge in [0.15, 0.2) is 9.84 Å². The molecule has 0 radical (unpaired) electrons. The number of sulfone groups is 1. The average Bonchev–Trinajstić information content (AvgIpc) is 3.24. The highest BCUT2D eigenvalue weighted by Crippen LogP contribution is 2.32. The highest BCUT2D eigenvalue weighted by Gasteiger charge is 2.27. The number of allylic oxidation sites excluding steroid dienone is 2. The monoisotopic (exact) mass is 479 g/mol. The Labute approximate surface area is 203 Å². The van der Waals surface area contributed by atoms with Gasteiger partial charge in [-0.05, 0) is 66.9 Å². The minimum Gasteiger partial charge on any atom is -0.331 e. The summed E-state index contributed by atoms with van der Waals surface area (Å²) in [6, 6.07) is 11.6. The first kappa shape index (κ1) is 25.5. The van der Waals surface area contributed by atoms with E-state index in [4.69, 9.17) is 0 Å². The smallest absolute Gasteiger partial charge is 0.319 e. The summed E-state index contributed by atoms with van der Waals surface area (Å²) >= 11 is 0. The highest BCUT2D eigenvalue weighted by molar-refractivity contribution is 7.91. The number of nitrogens with zero attached hydrogens (tertiary/aromatic N) is 1. The van der Waals surface area contributed by atoms with Crippen molar-refractivity contribution >= 4 is 21.6 Å². The number of anilines is 1. The number of carbonyl (C=O) groups excluding carboxylic acids is 1. The van der Waals surface area contributed by atoms with Crippen molar-refractivity contribution in [3.8, 4) is 0 Å². The fourth-order valence-corrected chi connectivity index (χ4v) is 5.47. The standard InChI is InChI=1S/C27H33N3O3S/c1-6-9-21(7-2)19(4)28-27(31)29-25-12-14-26(15-13-25)34(32,33)20(5)22-10-11-23-17-30(8-3)18-24(23)16-22/h6-7,9-16,19-20H,1-2,8,17-18H2,3-5H3,(H2,28,29,31)/b21-9+. The summed E-state index contributed by atoms with van der Waals surface area (Å²) in [5, 5.41) is 4.88. The van der Waals surface area contributed by atoms with E-state index in [1.165, 1.54) is 23.3 Å². The maximum atomic E-state index is 13.3. The quantitative estimate of drug-likeness (QED) is 0.474. The lowest BCUT2D eigenvalue weighted by Crippen LogP contribution is -2.36. The summed E-state index contributed by atoms with van der Waals surface area (Å²) in [7, 11) is -3.58. The molecule has 0 aliphatic carbocycles. The van der Waals surface area contributed by atoms with E-state index in [0.29, 0.717) is 5.69 Å². The molecule has 2 aromatic carbocycles. The van der Waals surface area contributed by atoms with Gasteiger partial charge in [-0.1, -0.05) is 56.5 Å². The zero-order valence-electron chi connectivity index (χ0n) is 20.0. The Morgan fingerprint density at radius 1 is 1.09 bits per heavy atom. The van der Waals surface area contributed by atoms with Crippen LogP contribution in [-0.2, 0) is 22.9 Å². The molecule has 2 aromatic rings. The van der Waals surface area contributed by atoms with Crippen LogP contribution in [0.2, 0.25) is 0 Å². The van der Waals surface area contributed by atoms with Crippen molar-refractivity contribution in [1.29, 1.82) is 0 Å². The average molecular weight is 480 g/mol. The third-order valence-corrected chi connectivity index (χ3v) is 8.37. The molecule has 2 unspecified atom stereocenters. The van der Waals surface area contributed by atoms with Gasteiger partial charge in [0.05, 0.1) is 16.2 Å². The number of benzene rings is 2. The first-order chi connectivity index (χ1) is 16.2. The normalized spacial score (nSPS) is 15.8. The molecule has 2 N–H and O–H groups in total. The van der Waals surface area contributed by atoms with Crippen molar-refractivity contribution in [2.75, 3.05) is 11.9 Å². The lowest BCUT2D eigenvalue weighted by atomic mass is 10.0. The second-order valence-electron chi connectivity index (χ2n) is 8.47. The predicted octanol–water partition coefficient (Wildman–Crippen LogP) is 5.37. The Kier molecular flexibility index (Phi) is 8.12. The maximum absolute atomic E-state index is 13.3. The van der Waals surface area contributed by atoms with E-state index >= 15 is 0 Å². The molecule has 1 aliphatic heterocycles. The van der Waals surface area contributed by atoms with Crippen LogP contribution >= 0.6 is 0 Å². The van der Waals surface area contributed by atoms with E-state index in [1.807, 2.05) is 25.1 Å². The van der Waals surface area contributed by atoms with Gasteiger partial charge in [-0.15, -0.1) is 0 Å². The van der Waals surface area contributed by atoms with Gasteiger partial charge in [0, 0.05) is 18.8 Å². The van der Waals surface area contributed by atoms with Crippen molar-refractivity contribution in [2.45, 2.75) is 50.0 Å². The molecule has 2 atom stereocenters. The van der Waals surface area contributed by atoms with Crippen molar-refractivity contribution in [3.05, 3.63) is 96.1 Å². The van der Waals surface area contributed by atoms with Gasteiger partial charge >= 0.3 is 6.03 Å². The van der Waals surface area contributed by atoms with Crippen LogP contribution in [0.5, 0.6) is 0 Å². The zero-order chi connectivity index (χ0) is 24.9. The molecule has 0 fully saturated rings. The molecule has 0 spiro atoms. The van der Waals surface area contributed by atoms with E-state index in [1.54, 1.807) is 37.3 Å². The van der Waals surface area contributed by atoms with Gasteiger partial charge in [0.25, 0.3) is 0 Å². The van der Waals surface area contributed by atoms with Crippen molar-refractivity contribution in [1.82, 2.24) is 10.2 Å². The number of carbonyl (C=O) groups is 1. The van der Waals surface area contributed by atoms with Gasteiger partial charge < -0.3 is 10.6 Å². The van der Waals surface area contributed by atoms with Gasteiger partial charge in [-0.3, -0.25) is 4.90 Å². The van der Waals surface area contributed by atoms with Crippen LogP contribution < -0.4 is 10.6 Å². The summed E-state index contributed by atoms with van der Waals surface area (Å²) in [5.74, 6) is 0. The minimum absolute atomic E-state index is 0.220. The van der Waals surface area contributed by atoms with Crippen LogP contribution in [0.1, 0.15) is 42.7 Å². The molecule has 2 amide bonds. The molecule has 0 saturated heterocycles. The largest absolute Gasteiger partial charge is 0.331 e. The van der Waals surface area contributed by atoms with E-state index in [9.17, 15) is 13.2 Å². The van der Waals surface area contributed by atoms with Crippen LogP contribution in [-0.4, -0.2) is 31.9 Å². The third-order valence-electron chi connectivity index (χ3n) is 6.23. The first-order valence-corrected chi connectivity index (χ1v) is 12.9. The Morgan fingerprint density at radius 2 is 1.76 bits per heavy atom. The second kappa shape index (κ2) is 10.8. The number of rotatable bonds is 9. The van der Waals surface area contributed by atoms with E-state index < -0.39 is 21.1 Å². The molecular formula is C27H33N3O3S. The molecule has 7 heteroatoms. The third kappa shape index (κ3) is 5.66. The molecule has 1 heterocycles. The fourth-order valence-electron chi connectivity index (χ4n) is 4.05. The number of hydrogen-bond acceptors (Lipinski definition) is 4.